The van der Waals surface area contributed by atoms with E-state index in [1.54, 1.807) is 12.1 Å². The highest BCUT2D eigenvalue weighted by Crippen LogP contribution is 2.27. The van der Waals surface area contributed by atoms with Crippen molar-refractivity contribution in [2.45, 2.75) is 37.6 Å². The van der Waals surface area contributed by atoms with Gasteiger partial charge in [0.25, 0.3) is 0 Å². The first-order valence-electron chi connectivity index (χ1n) is 9.87. The van der Waals surface area contributed by atoms with Gasteiger partial charge in [0.05, 0.1) is 10.8 Å². The van der Waals surface area contributed by atoms with Crippen LogP contribution in [0.3, 0.4) is 0 Å². The minimum atomic E-state index is -3.56. The molecule has 1 saturated heterocycles. The van der Waals surface area contributed by atoms with Crippen LogP contribution in [0.5, 0.6) is 0 Å². The van der Waals surface area contributed by atoms with Gasteiger partial charge in [-0.05, 0) is 49.4 Å². The van der Waals surface area contributed by atoms with Crippen LogP contribution in [0.15, 0.2) is 53.4 Å². The largest absolute Gasteiger partial charge is 0.338 e. The molecule has 5 nitrogen and oxygen atoms in total. The zero-order valence-electron chi connectivity index (χ0n) is 16.2. The summed E-state index contributed by atoms with van der Waals surface area (Å²) in [4.78, 5) is 15.3. The zero-order chi connectivity index (χ0) is 19.7. The third-order valence-electron chi connectivity index (χ3n) is 5.83. The minimum Gasteiger partial charge on any atom is -0.338 e. The lowest BCUT2D eigenvalue weighted by Gasteiger charge is -2.36. The molecule has 2 aromatic rings. The number of carbonyl (C=O) groups is 1. The molecule has 1 atom stereocenters. The van der Waals surface area contributed by atoms with E-state index in [1.165, 1.54) is 15.4 Å². The third-order valence-corrected chi connectivity index (χ3v) is 7.71. The Kier molecular flexibility index (Phi) is 5.25. The molecule has 0 N–H and O–H groups in total. The van der Waals surface area contributed by atoms with Gasteiger partial charge < -0.3 is 4.90 Å². The molecule has 148 valence electrons. The summed E-state index contributed by atoms with van der Waals surface area (Å²) >= 11 is 0. The molecule has 4 rings (SSSR count). The topological polar surface area (TPSA) is 57.7 Å². The van der Waals surface area contributed by atoms with Crippen LogP contribution in [0.25, 0.3) is 0 Å². The van der Waals surface area contributed by atoms with E-state index in [9.17, 15) is 13.2 Å². The molecule has 0 aromatic heterocycles. The van der Waals surface area contributed by atoms with Gasteiger partial charge in [-0.1, -0.05) is 42.0 Å². The van der Waals surface area contributed by atoms with Crippen LogP contribution in [-0.4, -0.2) is 43.2 Å². The number of aryl methyl sites for hydroxylation is 1. The van der Waals surface area contributed by atoms with Crippen molar-refractivity contribution in [2.24, 2.45) is 5.92 Å². The van der Waals surface area contributed by atoms with Gasteiger partial charge in [-0.15, -0.1) is 0 Å². The van der Waals surface area contributed by atoms with E-state index in [0.29, 0.717) is 31.0 Å². The molecule has 0 spiro atoms. The smallest absolute Gasteiger partial charge is 0.243 e. The maximum atomic E-state index is 13.1. The lowest BCUT2D eigenvalue weighted by Crippen LogP contribution is -2.47. The van der Waals surface area contributed by atoms with Crippen molar-refractivity contribution in [3.05, 3.63) is 65.2 Å². The molecule has 2 aliphatic heterocycles. The standard InChI is InChI=1S/C22H26N2O3S/c1-17-8-10-21(11-9-17)28(26,27)24-13-4-7-20(16-24)22(25)23-14-12-18-5-2-3-6-19(18)15-23/h2-3,5-6,8-11,20H,4,7,12-16H2,1H3. The average Bonchev–Trinajstić information content (AvgIpc) is 2.73. The van der Waals surface area contributed by atoms with Gasteiger partial charge in [0.15, 0.2) is 0 Å². The first-order valence-corrected chi connectivity index (χ1v) is 11.3. The summed E-state index contributed by atoms with van der Waals surface area (Å²) in [5.74, 6) is -0.183. The van der Waals surface area contributed by atoms with E-state index in [1.807, 2.05) is 36.1 Å². The monoisotopic (exact) mass is 398 g/mol. The molecule has 1 fully saturated rings. The van der Waals surface area contributed by atoms with Gasteiger partial charge in [0.2, 0.25) is 15.9 Å². The average molecular weight is 399 g/mol. The molecule has 2 aromatic carbocycles. The summed E-state index contributed by atoms with van der Waals surface area (Å²) in [5.41, 5.74) is 3.52. The molecule has 6 heteroatoms. The quantitative estimate of drug-likeness (QED) is 0.799. The highest BCUT2D eigenvalue weighted by Gasteiger charge is 2.35. The van der Waals surface area contributed by atoms with Crippen LogP contribution in [0.1, 0.15) is 29.5 Å². The Labute approximate surface area is 167 Å². The van der Waals surface area contributed by atoms with Crippen molar-refractivity contribution in [3.8, 4) is 0 Å². The second-order valence-electron chi connectivity index (χ2n) is 7.79. The van der Waals surface area contributed by atoms with Crippen LogP contribution in [0, 0.1) is 12.8 Å². The summed E-state index contributed by atoms with van der Waals surface area (Å²) in [6, 6.07) is 15.1. The number of hydrogen-bond acceptors (Lipinski definition) is 3. The van der Waals surface area contributed by atoms with E-state index in [2.05, 4.69) is 12.1 Å². The molecule has 2 aliphatic rings. The lowest BCUT2D eigenvalue weighted by molar-refractivity contribution is -0.137. The van der Waals surface area contributed by atoms with Crippen LogP contribution in [0.4, 0.5) is 0 Å². The predicted molar refractivity (Wildman–Crippen MR) is 108 cm³/mol. The Hall–Kier alpha value is -2.18. The van der Waals surface area contributed by atoms with E-state index >= 15 is 0 Å². The Bertz CT molecular complexity index is 970. The summed E-state index contributed by atoms with van der Waals surface area (Å²) in [6.07, 6.45) is 2.32. The van der Waals surface area contributed by atoms with Gasteiger partial charge in [0.1, 0.15) is 0 Å². The van der Waals surface area contributed by atoms with Crippen molar-refractivity contribution < 1.29 is 13.2 Å². The molecule has 0 radical (unpaired) electrons. The number of sulfonamides is 1. The van der Waals surface area contributed by atoms with Crippen LogP contribution in [0.2, 0.25) is 0 Å². The maximum Gasteiger partial charge on any atom is 0.243 e. The fourth-order valence-corrected chi connectivity index (χ4v) is 5.69. The molecule has 0 aliphatic carbocycles. The van der Waals surface area contributed by atoms with Crippen LogP contribution < -0.4 is 0 Å². The Morgan fingerprint density at radius 2 is 1.71 bits per heavy atom. The maximum absolute atomic E-state index is 13.1. The number of hydrogen-bond donors (Lipinski definition) is 0. The highest BCUT2D eigenvalue weighted by atomic mass is 32.2. The number of rotatable bonds is 3. The lowest BCUT2D eigenvalue weighted by atomic mass is 9.95. The Morgan fingerprint density at radius 1 is 1.00 bits per heavy atom. The molecule has 1 amide bonds. The number of amides is 1. The van der Waals surface area contributed by atoms with E-state index in [0.717, 1.165) is 18.4 Å². The first kappa shape index (κ1) is 19.2. The first-order chi connectivity index (χ1) is 13.4. The third kappa shape index (κ3) is 3.71. The number of piperidine rings is 1. The molecule has 0 bridgehead atoms. The summed E-state index contributed by atoms with van der Waals surface area (Å²) in [5, 5.41) is 0. The van der Waals surface area contributed by atoms with Crippen molar-refractivity contribution in [1.82, 2.24) is 9.21 Å². The van der Waals surface area contributed by atoms with Crippen molar-refractivity contribution in [2.75, 3.05) is 19.6 Å². The van der Waals surface area contributed by atoms with Crippen molar-refractivity contribution in [3.63, 3.8) is 0 Å². The van der Waals surface area contributed by atoms with Gasteiger partial charge in [-0.25, -0.2) is 8.42 Å². The second kappa shape index (κ2) is 7.68. The van der Waals surface area contributed by atoms with Crippen molar-refractivity contribution >= 4 is 15.9 Å². The normalized spacial score (nSPS) is 20.6. The SMILES string of the molecule is Cc1ccc(S(=O)(=O)N2CCCC(C(=O)N3CCc4ccccc4C3)C2)cc1. The van der Waals surface area contributed by atoms with Gasteiger partial charge in [-0.2, -0.15) is 4.31 Å². The number of fused-ring (bicyclic) bond motifs is 1. The van der Waals surface area contributed by atoms with Gasteiger partial charge >= 0.3 is 0 Å². The number of carbonyl (C=O) groups excluding carboxylic acids is 1. The zero-order valence-corrected chi connectivity index (χ0v) is 17.0. The van der Waals surface area contributed by atoms with Crippen LogP contribution in [-0.2, 0) is 27.8 Å². The molecular formula is C22H26N2O3S. The number of benzene rings is 2. The highest BCUT2D eigenvalue weighted by molar-refractivity contribution is 7.89. The predicted octanol–water partition coefficient (Wildman–Crippen LogP) is 2.98. The number of nitrogens with zero attached hydrogens (tertiary/aromatic N) is 2. The minimum absolute atomic E-state index is 0.0818. The fraction of sp³-hybridized carbons (Fsp3) is 0.409. The summed E-state index contributed by atoms with van der Waals surface area (Å²) in [6.45, 7) is 4.01. The van der Waals surface area contributed by atoms with Gasteiger partial charge in [-0.3, -0.25) is 4.79 Å². The van der Waals surface area contributed by atoms with E-state index in [-0.39, 0.29) is 18.4 Å². The van der Waals surface area contributed by atoms with Crippen LogP contribution >= 0.6 is 0 Å². The molecule has 0 saturated carbocycles. The van der Waals surface area contributed by atoms with E-state index in [4.69, 9.17) is 0 Å². The van der Waals surface area contributed by atoms with E-state index < -0.39 is 10.0 Å². The summed E-state index contributed by atoms with van der Waals surface area (Å²) < 4.78 is 27.5. The second-order valence-corrected chi connectivity index (χ2v) is 9.73. The van der Waals surface area contributed by atoms with Crippen molar-refractivity contribution in [1.29, 1.82) is 0 Å². The molecule has 2 heterocycles. The fourth-order valence-electron chi connectivity index (χ4n) is 4.16. The Morgan fingerprint density at radius 3 is 2.46 bits per heavy atom. The molecule has 1 unspecified atom stereocenters. The summed E-state index contributed by atoms with van der Waals surface area (Å²) in [7, 11) is -3.56. The Balaban J connectivity index is 1.48. The molecule has 28 heavy (non-hydrogen) atoms. The molecular weight excluding hydrogens is 372 g/mol. The van der Waals surface area contributed by atoms with Gasteiger partial charge in [0, 0.05) is 26.2 Å².